The highest BCUT2D eigenvalue weighted by Gasteiger charge is 2.07. The number of carbonyl (C=O) groups excluding carboxylic acids is 1. The monoisotopic (exact) mass is 348 g/mol. The summed E-state index contributed by atoms with van der Waals surface area (Å²) in [5.74, 6) is 1.24. The number of rotatable bonds is 8. The Labute approximate surface area is 146 Å². The molecule has 6 heteroatoms. The van der Waals surface area contributed by atoms with Crippen molar-refractivity contribution in [3.8, 4) is 11.5 Å². The lowest BCUT2D eigenvalue weighted by Gasteiger charge is -2.12. The standard InChI is InChI=1S/C18H21ClN2O3/c1-23-15-6-7-16(17(11-15)24-2)21-12-18(22)20-9-8-13-4-3-5-14(19)10-13/h3-7,10-11,21H,8-9,12H2,1-2H3,(H,20,22). The van der Waals surface area contributed by atoms with Crippen molar-refractivity contribution in [2.24, 2.45) is 0 Å². The smallest absolute Gasteiger partial charge is 0.239 e. The second-order valence-corrected chi connectivity index (χ2v) is 5.59. The molecule has 2 aromatic rings. The molecular formula is C18H21ClN2O3. The minimum Gasteiger partial charge on any atom is -0.497 e. The Balaban J connectivity index is 1.79. The Kier molecular flexibility index (Phi) is 6.75. The number of hydrogen-bond acceptors (Lipinski definition) is 4. The van der Waals surface area contributed by atoms with Crippen molar-refractivity contribution in [3.05, 3.63) is 53.1 Å². The number of methoxy groups -OCH3 is 2. The summed E-state index contributed by atoms with van der Waals surface area (Å²) in [4.78, 5) is 11.9. The van der Waals surface area contributed by atoms with Gasteiger partial charge in [0.25, 0.3) is 0 Å². The number of anilines is 1. The SMILES string of the molecule is COc1ccc(NCC(=O)NCCc2cccc(Cl)c2)c(OC)c1. The van der Waals surface area contributed by atoms with Gasteiger partial charge >= 0.3 is 0 Å². The third kappa shape index (κ3) is 5.35. The van der Waals surface area contributed by atoms with Crippen molar-refractivity contribution in [1.29, 1.82) is 0 Å². The predicted molar refractivity (Wildman–Crippen MR) is 96.2 cm³/mol. The van der Waals surface area contributed by atoms with Crippen LogP contribution in [0, 0.1) is 0 Å². The lowest BCUT2D eigenvalue weighted by atomic mass is 10.1. The second-order valence-electron chi connectivity index (χ2n) is 5.15. The van der Waals surface area contributed by atoms with E-state index in [1.165, 1.54) is 0 Å². The van der Waals surface area contributed by atoms with E-state index in [2.05, 4.69) is 10.6 Å². The molecule has 0 saturated carbocycles. The van der Waals surface area contributed by atoms with Crippen molar-refractivity contribution >= 4 is 23.2 Å². The molecule has 0 spiro atoms. The van der Waals surface area contributed by atoms with Crippen LogP contribution in [0.3, 0.4) is 0 Å². The van der Waals surface area contributed by atoms with Crippen LogP contribution in [0.15, 0.2) is 42.5 Å². The Morgan fingerprint density at radius 2 is 1.96 bits per heavy atom. The van der Waals surface area contributed by atoms with Crippen molar-refractivity contribution in [2.75, 3.05) is 32.6 Å². The van der Waals surface area contributed by atoms with Gasteiger partial charge in [0.05, 0.1) is 26.5 Å². The Morgan fingerprint density at radius 1 is 1.12 bits per heavy atom. The summed E-state index contributed by atoms with van der Waals surface area (Å²) in [5.41, 5.74) is 1.83. The molecule has 0 radical (unpaired) electrons. The van der Waals surface area contributed by atoms with E-state index in [9.17, 15) is 4.79 Å². The molecule has 2 rings (SSSR count). The van der Waals surface area contributed by atoms with Gasteiger partial charge in [-0.25, -0.2) is 0 Å². The molecule has 0 saturated heterocycles. The number of ether oxygens (including phenoxy) is 2. The maximum atomic E-state index is 11.9. The fourth-order valence-corrected chi connectivity index (χ4v) is 2.43. The summed E-state index contributed by atoms with van der Waals surface area (Å²) in [7, 11) is 3.17. The molecular weight excluding hydrogens is 328 g/mol. The molecule has 0 aliphatic heterocycles. The summed E-state index contributed by atoms with van der Waals surface area (Å²) >= 11 is 5.94. The van der Waals surface area contributed by atoms with E-state index in [0.29, 0.717) is 23.1 Å². The van der Waals surface area contributed by atoms with E-state index in [0.717, 1.165) is 17.7 Å². The van der Waals surface area contributed by atoms with Gasteiger partial charge in [-0.2, -0.15) is 0 Å². The zero-order valence-corrected chi connectivity index (χ0v) is 14.5. The molecule has 0 heterocycles. The number of hydrogen-bond donors (Lipinski definition) is 2. The summed E-state index contributed by atoms with van der Waals surface area (Å²) < 4.78 is 10.4. The quantitative estimate of drug-likeness (QED) is 0.769. The van der Waals surface area contributed by atoms with Crippen molar-refractivity contribution in [1.82, 2.24) is 5.32 Å². The van der Waals surface area contributed by atoms with Crippen LogP contribution >= 0.6 is 11.6 Å². The molecule has 5 nitrogen and oxygen atoms in total. The van der Waals surface area contributed by atoms with E-state index in [4.69, 9.17) is 21.1 Å². The molecule has 0 aromatic heterocycles. The third-order valence-corrected chi connectivity index (χ3v) is 3.71. The van der Waals surface area contributed by atoms with Crippen molar-refractivity contribution < 1.29 is 14.3 Å². The topological polar surface area (TPSA) is 59.6 Å². The van der Waals surface area contributed by atoms with Crippen LogP contribution in [0.4, 0.5) is 5.69 Å². The molecule has 1 amide bonds. The number of halogens is 1. The highest BCUT2D eigenvalue weighted by atomic mass is 35.5. The van der Waals surface area contributed by atoms with Crippen LogP contribution in [0.5, 0.6) is 11.5 Å². The highest BCUT2D eigenvalue weighted by Crippen LogP contribution is 2.28. The predicted octanol–water partition coefficient (Wildman–Crippen LogP) is 3.13. The van der Waals surface area contributed by atoms with E-state index >= 15 is 0 Å². The van der Waals surface area contributed by atoms with Gasteiger partial charge in [-0.15, -0.1) is 0 Å². The molecule has 2 aromatic carbocycles. The van der Waals surface area contributed by atoms with Crippen LogP contribution in [-0.4, -0.2) is 33.2 Å². The van der Waals surface area contributed by atoms with Crippen LogP contribution < -0.4 is 20.1 Å². The number of benzene rings is 2. The minimum atomic E-state index is -0.0881. The Bertz CT molecular complexity index is 692. The van der Waals surface area contributed by atoms with Crippen molar-refractivity contribution in [2.45, 2.75) is 6.42 Å². The number of amides is 1. The molecule has 0 aliphatic carbocycles. The van der Waals surface area contributed by atoms with Gasteiger partial charge in [-0.1, -0.05) is 23.7 Å². The number of nitrogens with one attached hydrogen (secondary N) is 2. The molecule has 0 atom stereocenters. The van der Waals surface area contributed by atoms with Gasteiger partial charge in [0.15, 0.2) is 0 Å². The summed E-state index contributed by atoms with van der Waals surface area (Å²) in [5, 5.41) is 6.63. The summed E-state index contributed by atoms with van der Waals surface area (Å²) in [6.07, 6.45) is 0.734. The maximum Gasteiger partial charge on any atom is 0.239 e. The van der Waals surface area contributed by atoms with E-state index in [1.807, 2.05) is 36.4 Å². The Hall–Kier alpha value is -2.40. The first-order valence-corrected chi connectivity index (χ1v) is 7.97. The molecule has 128 valence electrons. The normalized spacial score (nSPS) is 10.1. The van der Waals surface area contributed by atoms with Crippen LogP contribution in [0.1, 0.15) is 5.56 Å². The Morgan fingerprint density at radius 3 is 2.67 bits per heavy atom. The van der Waals surface area contributed by atoms with Gasteiger partial charge in [0, 0.05) is 17.6 Å². The molecule has 0 unspecified atom stereocenters. The average Bonchev–Trinajstić information content (AvgIpc) is 2.60. The molecule has 2 N–H and O–H groups in total. The van der Waals surface area contributed by atoms with E-state index < -0.39 is 0 Å². The molecule has 0 bridgehead atoms. The largest absolute Gasteiger partial charge is 0.497 e. The van der Waals surface area contributed by atoms with Gasteiger partial charge in [0.1, 0.15) is 11.5 Å². The van der Waals surface area contributed by atoms with Crippen molar-refractivity contribution in [3.63, 3.8) is 0 Å². The molecule has 24 heavy (non-hydrogen) atoms. The van der Waals surface area contributed by atoms with Crippen LogP contribution in [-0.2, 0) is 11.2 Å². The minimum absolute atomic E-state index is 0.0881. The number of carbonyl (C=O) groups is 1. The zero-order valence-electron chi connectivity index (χ0n) is 13.8. The van der Waals surface area contributed by atoms with Gasteiger partial charge in [-0.3, -0.25) is 4.79 Å². The lowest BCUT2D eigenvalue weighted by molar-refractivity contribution is -0.119. The van der Waals surface area contributed by atoms with E-state index in [-0.39, 0.29) is 12.5 Å². The zero-order chi connectivity index (χ0) is 17.4. The van der Waals surface area contributed by atoms with Gasteiger partial charge in [-0.05, 0) is 36.2 Å². The first-order chi connectivity index (χ1) is 11.6. The fourth-order valence-electron chi connectivity index (χ4n) is 2.22. The third-order valence-electron chi connectivity index (χ3n) is 3.47. The van der Waals surface area contributed by atoms with Crippen LogP contribution in [0.25, 0.3) is 0 Å². The summed E-state index contributed by atoms with van der Waals surface area (Å²) in [6.45, 7) is 0.721. The first kappa shape index (κ1) is 17.9. The average molecular weight is 349 g/mol. The van der Waals surface area contributed by atoms with E-state index in [1.54, 1.807) is 20.3 Å². The van der Waals surface area contributed by atoms with Crippen LogP contribution in [0.2, 0.25) is 5.02 Å². The van der Waals surface area contributed by atoms with Gasteiger partial charge < -0.3 is 20.1 Å². The first-order valence-electron chi connectivity index (χ1n) is 7.59. The maximum absolute atomic E-state index is 11.9. The lowest BCUT2D eigenvalue weighted by Crippen LogP contribution is -2.31. The molecule has 0 aliphatic rings. The molecule has 0 fully saturated rings. The second kappa shape index (κ2) is 9.03. The van der Waals surface area contributed by atoms with Gasteiger partial charge in [0.2, 0.25) is 5.91 Å². The highest BCUT2D eigenvalue weighted by molar-refractivity contribution is 6.30. The summed E-state index contributed by atoms with van der Waals surface area (Å²) in [6, 6.07) is 13.0. The fraction of sp³-hybridized carbons (Fsp3) is 0.278.